The number of para-hydroxylation sites is 1. The topological polar surface area (TPSA) is 9.23 Å². The number of alkyl halides is 1. The van der Waals surface area contributed by atoms with Gasteiger partial charge in [0, 0.05) is 10.7 Å². The predicted molar refractivity (Wildman–Crippen MR) is 96.9 cm³/mol. The highest BCUT2D eigenvalue weighted by Crippen LogP contribution is 2.37. The van der Waals surface area contributed by atoms with Gasteiger partial charge in [0.15, 0.2) is 0 Å². The van der Waals surface area contributed by atoms with Crippen LogP contribution in [0.4, 0.5) is 0 Å². The van der Waals surface area contributed by atoms with E-state index in [9.17, 15) is 0 Å². The smallest absolute Gasteiger partial charge is 0.126 e. The lowest BCUT2D eigenvalue weighted by Gasteiger charge is -2.31. The Morgan fingerprint density at radius 3 is 1.81 bits per heavy atom. The van der Waals surface area contributed by atoms with Gasteiger partial charge in [-0.2, -0.15) is 0 Å². The highest BCUT2D eigenvalue weighted by atomic mass is 79.9. The van der Waals surface area contributed by atoms with Crippen LogP contribution in [-0.4, -0.2) is 11.9 Å². The number of rotatable bonds is 8. The van der Waals surface area contributed by atoms with Crippen molar-refractivity contribution >= 4 is 15.9 Å². The molecule has 0 aliphatic heterocycles. The average molecular weight is 355 g/mol. The number of halogens is 1. The average Bonchev–Trinajstić information content (AvgIpc) is 2.48. The molecule has 0 fully saturated rings. The van der Waals surface area contributed by atoms with Crippen molar-refractivity contribution in [3.05, 3.63) is 29.3 Å². The molecule has 1 nitrogen and oxygen atoms in total. The summed E-state index contributed by atoms with van der Waals surface area (Å²) in [5.41, 5.74) is 2.90. The van der Waals surface area contributed by atoms with E-state index in [4.69, 9.17) is 4.74 Å². The zero-order chi connectivity index (χ0) is 16.0. The minimum Gasteiger partial charge on any atom is -0.492 e. The summed E-state index contributed by atoms with van der Waals surface area (Å²) in [4.78, 5) is 0. The van der Waals surface area contributed by atoms with E-state index in [2.05, 4.69) is 75.7 Å². The van der Waals surface area contributed by atoms with Crippen LogP contribution in [0.15, 0.2) is 18.2 Å². The summed E-state index contributed by atoms with van der Waals surface area (Å²) in [7, 11) is 0. The third-order valence-corrected chi connectivity index (χ3v) is 5.82. The van der Waals surface area contributed by atoms with Crippen LogP contribution in [-0.2, 0) is 0 Å². The second-order valence-corrected chi connectivity index (χ2v) is 7.27. The first-order valence-electron chi connectivity index (χ1n) is 8.22. The quantitative estimate of drug-likeness (QED) is 0.483. The molecule has 0 amide bonds. The molecular weight excluding hydrogens is 324 g/mol. The molecule has 0 N–H and O–H groups in total. The van der Waals surface area contributed by atoms with Crippen LogP contribution < -0.4 is 4.74 Å². The molecule has 0 aromatic heterocycles. The van der Waals surface area contributed by atoms with Crippen molar-refractivity contribution < 1.29 is 4.74 Å². The second-order valence-electron chi connectivity index (χ2n) is 6.70. The van der Waals surface area contributed by atoms with E-state index in [1.54, 1.807) is 0 Å². The van der Waals surface area contributed by atoms with Crippen molar-refractivity contribution in [2.24, 2.45) is 5.41 Å². The van der Waals surface area contributed by atoms with Crippen molar-refractivity contribution in [1.29, 1.82) is 0 Å². The monoisotopic (exact) mass is 354 g/mol. The van der Waals surface area contributed by atoms with Gasteiger partial charge < -0.3 is 4.74 Å². The minimum atomic E-state index is 0.234. The van der Waals surface area contributed by atoms with E-state index in [0.29, 0.717) is 11.8 Å². The van der Waals surface area contributed by atoms with Gasteiger partial charge in [-0.15, -0.1) is 0 Å². The number of benzene rings is 1. The van der Waals surface area contributed by atoms with E-state index < -0.39 is 0 Å². The third kappa shape index (κ3) is 4.48. The van der Waals surface area contributed by atoms with Crippen molar-refractivity contribution in [3.63, 3.8) is 0 Å². The molecule has 21 heavy (non-hydrogen) atoms. The molecule has 2 heteroatoms. The molecule has 0 saturated heterocycles. The Labute approximate surface area is 139 Å². The molecule has 1 aromatic rings. The van der Waals surface area contributed by atoms with Gasteiger partial charge in [0.05, 0.1) is 6.61 Å². The van der Waals surface area contributed by atoms with Crippen molar-refractivity contribution in [1.82, 2.24) is 0 Å². The first kappa shape index (κ1) is 18.5. The van der Waals surface area contributed by atoms with Crippen molar-refractivity contribution in [2.75, 3.05) is 11.9 Å². The van der Waals surface area contributed by atoms with Gasteiger partial charge in [-0.25, -0.2) is 0 Å². The van der Waals surface area contributed by atoms with Crippen LogP contribution >= 0.6 is 15.9 Å². The van der Waals surface area contributed by atoms with Gasteiger partial charge in [0.1, 0.15) is 5.75 Å². The van der Waals surface area contributed by atoms with Crippen LogP contribution in [0.2, 0.25) is 0 Å². The molecular formula is C19H31BrO. The fraction of sp³-hybridized carbons (Fsp3) is 0.684. The fourth-order valence-electron chi connectivity index (χ4n) is 2.56. The summed E-state index contributed by atoms with van der Waals surface area (Å²) < 4.78 is 6.40. The molecule has 0 unspecified atom stereocenters. The van der Waals surface area contributed by atoms with Crippen molar-refractivity contribution in [3.8, 4) is 5.75 Å². The Balaban J connectivity index is 3.11. The van der Waals surface area contributed by atoms with Gasteiger partial charge in [-0.1, -0.05) is 75.7 Å². The van der Waals surface area contributed by atoms with E-state index >= 15 is 0 Å². The van der Waals surface area contributed by atoms with E-state index in [1.165, 1.54) is 11.1 Å². The maximum Gasteiger partial charge on any atom is 0.126 e. The van der Waals surface area contributed by atoms with Crippen molar-refractivity contribution in [2.45, 2.75) is 66.2 Å². The lowest BCUT2D eigenvalue weighted by atomic mass is 9.85. The molecule has 0 heterocycles. The lowest BCUT2D eigenvalue weighted by Crippen LogP contribution is -2.29. The van der Waals surface area contributed by atoms with Crippen LogP contribution in [0, 0.1) is 5.41 Å². The van der Waals surface area contributed by atoms with Crippen LogP contribution in [0.3, 0.4) is 0 Å². The third-order valence-electron chi connectivity index (χ3n) is 4.63. The van der Waals surface area contributed by atoms with E-state index in [1.807, 2.05) is 0 Å². The summed E-state index contributed by atoms with van der Waals surface area (Å²) in [6.07, 6.45) is 2.27. The zero-order valence-electron chi connectivity index (χ0n) is 14.5. The lowest BCUT2D eigenvalue weighted by molar-refractivity contribution is 0.155. The van der Waals surface area contributed by atoms with Crippen LogP contribution in [0.1, 0.15) is 77.3 Å². The minimum absolute atomic E-state index is 0.234. The highest BCUT2D eigenvalue weighted by molar-refractivity contribution is 9.09. The Morgan fingerprint density at radius 1 is 1.00 bits per heavy atom. The molecule has 0 aliphatic rings. The summed E-state index contributed by atoms with van der Waals surface area (Å²) in [5, 5.41) is 0.994. The molecule has 0 spiro atoms. The standard InChI is InChI=1S/C19H31BrO/c1-7-19(8-2,12-20)13-21-18-16(14(3)4)10-9-11-17(18)15(5)6/h9-11,14-15H,7-8,12-13H2,1-6H3. The fourth-order valence-corrected chi connectivity index (χ4v) is 3.51. The molecule has 120 valence electrons. The molecule has 0 atom stereocenters. The number of hydrogen-bond acceptors (Lipinski definition) is 1. The first-order valence-corrected chi connectivity index (χ1v) is 9.34. The first-order chi connectivity index (χ1) is 9.90. The molecule has 1 rings (SSSR count). The number of ether oxygens (including phenoxy) is 1. The Bertz CT molecular complexity index is 399. The molecule has 0 radical (unpaired) electrons. The molecule has 0 bridgehead atoms. The maximum atomic E-state index is 6.40. The molecule has 0 saturated carbocycles. The summed E-state index contributed by atoms with van der Waals surface area (Å²) in [6, 6.07) is 6.58. The van der Waals surface area contributed by atoms with Gasteiger partial charge in [0.25, 0.3) is 0 Å². The van der Waals surface area contributed by atoms with Gasteiger partial charge in [0.2, 0.25) is 0 Å². The largest absolute Gasteiger partial charge is 0.492 e. The molecule has 1 aromatic carbocycles. The maximum absolute atomic E-state index is 6.40. The normalized spacial score (nSPS) is 12.2. The van der Waals surface area contributed by atoms with Crippen LogP contribution in [0.25, 0.3) is 0 Å². The van der Waals surface area contributed by atoms with Gasteiger partial charge in [-0.3, -0.25) is 0 Å². The van der Waals surface area contributed by atoms with Crippen LogP contribution in [0.5, 0.6) is 5.75 Å². The zero-order valence-corrected chi connectivity index (χ0v) is 16.1. The molecule has 0 aliphatic carbocycles. The Kier molecular flexibility index (Phi) is 7.26. The number of hydrogen-bond donors (Lipinski definition) is 0. The Morgan fingerprint density at radius 2 is 1.48 bits per heavy atom. The SMILES string of the molecule is CCC(CC)(CBr)COc1c(C(C)C)cccc1C(C)C. The summed E-state index contributed by atoms with van der Waals surface area (Å²) in [5.74, 6) is 2.09. The second kappa shape index (κ2) is 8.22. The highest BCUT2D eigenvalue weighted by Gasteiger charge is 2.27. The summed E-state index contributed by atoms with van der Waals surface area (Å²) in [6.45, 7) is 14.3. The Hall–Kier alpha value is -0.500. The van der Waals surface area contributed by atoms with Gasteiger partial charge >= 0.3 is 0 Å². The summed E-state index contributed by atoms with van der Waals surface area (Å²) >= 11 is 3.68. The van der Waals surface area contributed by atoms with E-state index in [0.717, 1.165) is 30.5 Å². The van der Waals surface area contributed by atoms with Gasteiger partial charge in [-0.05, 0) is 35.8 Å². The van der Waals surface area contributed by atoms with E-state index in [-0.39, 0.29) is 5.41 Å². The predicted octanol–water partition coefficient (Wildman–Crippen LogP) is 6.51.